The molecular formula is C20H20N6O2. The molecule has 8 nitrogen and oxygen atoms in total. The number of carbonyl (C=O) groups excluding carboxylic acids is 1. The molecule has 1 saturated carbocycles. The molecule has 2 heterocycles. The van der Waals surface area contributed by atoms with Crippen molar-refractivity contribution in [2.45, 2.75) is 31.9 Å². The topological polar surface area (TPSA) is 119 Å². The average Bonchev–Trinajstić information content (AvgIpc) is 3.30. The molecule has 0 atom stereocenters. The lowest BCUT2D eigenvalue weighted by Crippen LogP contribution is -2.18. The first kappa shape index (κ1) is 17.9. The summed E-state index contributed by atoms with van der Waals surface area (Å²) in [5, 5.41) is 12.7. The Bertz CT molecular complexity index is 1110. The number of methoxy groups -OCH3 is 1. The summed E-state index contributed by atoms with van der Waals surface area (Å²) < 4.78 is 7.02. The van der Waals surface area contributed by atoms with Gasteiger partial charge in [-0.05, 0) is 37.5 Å². The third-order valence-electron chi connectivity index (χ3n) is 5.08. The summed E-state index contributed by atoms with van der Waals surface area (Å²) in [6.45, 7) is 2.59. The summed E-state index contributed by atoms with van der Waals surface area (Å²) in [6.07, 6.45) is 3.72. The Morgan fingerprint density at radius 3 is 2.68 bits per heavy atom. The first-order valence-corrected chi connectivity index (χ1v) is 8.93. The van der Waals surface area contributed by atoms with Gasteiger partial charge in [0, 0.05) is 24.5 Å². The van der Waals surface area contributed by atoms with E-state index < -0.39 is 5.91 Å². The Morgan fingerprint density at radius 2 is 2.07 bits per heavy atom. The van der Waals surface area contributed by atoms with E-state index in [0.29, 0.717) is 28.9 Å². The predicted molar refractivity (Wildman–Crippen MR) is 105 cm³/mol. The van der Waals surface area contributed by atoms with Gasteiger partial charge >= 0.3 is 0 Å². The van der Waals surface area contributed by atoms with Crippen molar-refractivity contribution in [3.63, 3.8) is 0 Å². The van der Waals surface area contributed by atoms with Gasteiger partial charge in [0.1, 0.15) is 17.5 Å². The molecule has 0 radical (unpaired) electrons. The van der Waals surface area contributed by atoms with Gasteiger partial charge in [-0.2, -0.15) is 5.26 Å². The zero-order valence-electron chi connectivity index (χ0n) is 15.7. The van der Waals surface area contributed by atoms with Crippen LogP contribution in [0.1, 0.15) is 41.5 Å². The number of hydrogen-bond acceptors (Lipinski definition) is 6. The highest BCUT2D eigenvalue weighted by Gasteiger charge is 2.41. The van der Waals surface area contributed by atoms with Gasteiger partial charge in [0.05, 0.1) is 17.6 Å². The molecule has 0 bridgehead atoms. The van der Waals surface area contributed by atoms with Crippen molar-refractivity contribution in [1.29, 1.82) is 5.26 Å². The van der Waals surface area contributed by atoms with Crippen molar-refractivity contribution in [3.8, 4) is 6.07 Å². The lowest BCUT2D eigenvalue weighted by atomic mass is 10.2. The molecule has 8 heteroatoms. The second-order valence-electron chi connectivity index (χ2n) is 7.24. The van der Waals surface area contributed by atoms with Gasteiger partial charge in [-0.25, -0.2) is 9.97 Å². The van der Waals surface area contributed by atoms with Crippen LogP contribution in [-0.2, 0) is 16.9 Å². The largest absolute Gasteiger partial charge is 0.383 e. The van der Waals surface area contributed by atoms with Gasteiger partial charge in [0.2, 0.25) is 5.82 Å². The monoisotopic (exact) mass is 376 g/mol. The minimum absolute atomic E-state index is 0.0287. The van der Waals surface area contributed by atoms with Crippen molar-refractivity contribution in [2.75, 3.05) is 18.2 Å². The first-order valence-electron chi connectivity index (χ1n) is 8.93. The van der Waals surface area contributed by atoms with Gasteiger partial charge in [-0.3, -0.25) is 4.79 Å². The number of hydrogen-bond donors (Lipinski definition) is 2. The molecule has 142 valence electrons. The number of benzene rings is 1. The molecule has 4 rings (SSSR count). The van der Waals surface area contributed by atoms with Crippen LogP contribution in [-0.4, -0.2) is 27.6 Å². The number of nitriles is 1. The van der Waals surface area contributed by atoms with Crippen molar-refractivity contribution in [2.24, 2.45) is 0 Å². The minimum Gasteiger partial charge on any atom is -0.383 e. The Balaban J connectivity index is 1.69. The van der Waals surface area contributed by atoms with E-state index in [2.05, 4.69) is 28.3 Å². The van der Waals surface area contributed by atoms with Crippen LogP contribution in [0.15, 0.2) is 30.5 Å². The van der Waals surface area contributed by atoms with Crippen LogP contribution >= 0.6 is 0 Å². The molecule has 1 aliphatic carbocycles. The highest BCUT2D eigenvalue weighted by molar-refractivity contribution is 6.04. The van der Waals surface area contributed by atoms with Crippen molar-refractivity contribution < 1.29 is 9.53 Å². The van der Waals surface area contributed by atoms with E-state index in [1.54, 1.807) is 25.4 Å². The second-order valence-corrected chi connectivity index (χ2v) is 7.24. The van der Waals surface area contributed by atoms with Gasteiger partial charge < -0.3 is 20.4 Å². The SMILES string of the molecule is COCc1ccc(NC(=O)c2nc(N)c3c(C#N)cn(C4(C)CC4)c3n2)cc1. The van der Waals surface area contributed by atoms with Gasteiger partial charge in [-0.15, -0.1) is 0 Å². The Kier molecular flexibility index (Phi) is 4.24. The molecule has 0 spiro atoms. The fourth-order valence-electron chi connectivity index (χ4n) is 3.21. The number of rotatable bonds is 5. The van der Waals surface area contributed by atoms with Crippen LogP contribution in [0.5, 0.6) is 0 Å². The molecule has 0 aliphatic heterocycles. The van der Waals surface area contributed by atoms with Crippen LogP contribution in [0, 0.1) is 11.3 Å². The third-order valence-corrected chi connectivity index (χ3v) is 5.08. The number of nitrogens with two attached hydrogens (primary N) is 1. The molecule has 3 aromatic rings. The quantitative estimate of drug-likeness (QED) is 0.707. The molecule has 1 aliphatic rings. The smallest absolute Gasteiger partial charge is 0.293 e. The van der Waals surface area contributed by atoms with Crippen molar-refractivity contribution >= 4 is 28.4 Å². The Morgan fingerprint density at radius 1 is 1.36 bits per heavy atom. The van der Waals surface area contributed by atoms with Gasteiger partial charge in [0.25, 0.3) is 5.91 Å². The fourth-order valence-corrected chi connectivity index (χ4v) is 3.21. The number of nitrogens with one attached hydrogen (secondary N) is 1. The van der Waals surface area contributed by atoms with Crippen molar-refractivity contribution in [3.05, 3.63) is 47.4 Å². The van der Waals surface area contributed by atoms with Gasteiger partial charge in [-0.1, -0.05) is 12.1 Å². The van der Waals surface area contributed by atoms with Gasteiger partial charge in [0.15, 0.2) is 0 Å². The summed E-state index contributed by atoms with van der Waals surface area (Å²) in [6, 6.07) is 9.46. The normalized spacial score (nSPS) is 14.6. The molecule has 1 fully saturated rings. The van der Waals surface area contributed by atoms with Crippen molar-refractivity contribution in [1.82, 2.24) is 14.5 Å². The third kappa shape index (κ3) is 3.06. The predicted octanol–water partition coefficient (Wildman–Crippen LogP) is 2.79. The average molecular weight is 376 g/mol. The van der Waals surface area contributed by atoms with Crippen LogP contribution in [0.25, 0.3) is 11.0 Å². The van der Waals surface area contributed by atoms with E-state index >= 15 is 0 Å². The standard InChI is InChI=1S/C20H20N6O2/c1-20(7-8-20)26-10-13(9-21)15-16(22)24-17(25-18(15)26)19(27)23-14-5-3-12(4-6-14)11-28-2/h3-6,10H,7-8,11H2,1-2H3,(H,23,27)(H2,22,24,25). The number of ether oxygens (including phenoxy) is 1. The van der Waals surface area contributed by atoms with E-state index in [0.717, 1.165) is 18.4 Å². The van der Waals surface area contributed by atoms with Crippen LogP contribution in [0.3, 0.4) is 0 Å². The van der Waals surface area contributed by atoms with Crippen LogP contribution in [0.4, 0.5) is 11.5 Å². The van der Waals surface area contributed by atoms with Crippen LogP contribution < -0.4 is 11.1 Å². The highest BCUT2D eigenvalue weighted by Crippen LogP contribution is 2.45. The number of amides is 1. The molecular weight excluding hydrogens is 356 g/mol. The maximum Gasteiger partial charge on any atom is 0.293 e. The number of aromatic nitrogens is 3. The molecule has 0 unspecified atom stereocenters. The van der Waals surface area contributed by atoms with E-state index in [1.165, 1.54) is 0 Å². The number of nitrogen functional groups attached to an aromatic ring is 1. The number of nitrogens with zero attached hydrogens (tertiary/aromatic N) is 4. The molecule has 28 heavy (non-hydrogen) atoms. The maximum atomic E-state index is 12.7. The summed E-state index contributed by atoms with van der Waals surface area (Å²) in [5.74, 6) is -0.357. The zero-order valence-corrected chi connectivity index (χ0v) is 15.7. The number of anilines is 2. The van der Waals surface area contributed by atoms with Crippen LogP contribution in [0.2, 0.25) is 0 Å². The highest BCUT2D eigenvalue weighted by atomic mass is 16.5. The lowest BCUT2D eigenvalue weighted by Gasteiger charge is -2.13. The number of carbonyl (C=O) groups is 1. The molecule has 0 saturated heterocycles. The van der Waals surface area contributed by atoms with E-state index in [9.17, 15) is 10.1 Å². The summed E-state index contributed by atoms with van der Waals surface area (Å²) in [5.41, 5.74) is 8.54. The summed E-state index contributed by atoms with van der Waals surface area (Å²) >= 11 is 0. The summed E-state index contributed by atoms with van der Waals surface area (Å²) in [7, 11) is 1.63. The molecule has 1 amide bonds. The van der Waals surface area contributed by atoms with E-state index in [4.69, 9.17) is 10.5 Å². The zero-order chi connectivity index (χ0) is 19.9. The Labute approximate surface area is 161 Å². The first-order chi connectivity index (χ1) is 13.4. The summed E-state index contributed by atoms with van der Waals surface area (Å²) in [4.78, 5) is 21.3. The van der Waals surface area contributed by atoms with E-state index in [1.807, 2.05) is 16.7 Å². The lowest BCUT2D eigenvalue weighted by molar-refractivity contribution is 0.101. The molecule has 3 N–H and O–H groups in total. The van der Waals surface area contributed by atoms with E-state index in [-0.39, 0.29) is 17.2 Å². The molecule has 2 aromatic heterocycles. The Hall–Kier alpha value is -3.44. The fraction of sp³-hybridized carbons (Fsp3) is 0.300. The maximum absolute atomic E-state index is 12.7. The number of fused-ring (bicyclic) bond motifs is 1. The second kappa shape index (κ2) is 6.62. The molecule has 1 aromatic carbocycles. The minimum atomic E-state index is -0.458.